The number of nitrogens with one attached hydrogen (secondary N) is 1. The van der Waals surface area contributed by atoms with Crippen molar-refractivity contribution in [3.8, 4) is 0 Å². The van der Waals surface area contributed by atoms with Gasteiger partial charge in [-0.1, -0.05) is 32.1 Å². The Balaban J connectivity index is 1.31. The van der Waals surface area contributed by atoms with Crippen molar-refractivity contribution < 1.29 is 4.79 Å². The van der Waals surface area contributed by atoms with E-state index in [-0.39, 0.29) is 0 Å². The third kappa shape index (κ3) is 2.86. The van der Waals surface area contributed by atoms with Crippen LogP contribution < -0.4 is 5.32 Å². The average Bonchev–Trinajstić information content (AvgIpc) is 3.25. The zero-order chi connectivity index (χ0) is 14.2. The minimum absolute atomic E-state index is 0.407. The Hall–Kier alpha value is -0.570. The summed E-state index contributed by atoms with van der Waals surface area (Å²) in [5, 5.41) is 3.52. The largest absolute Gasteiger partial charge is 0.342 e. The van der Waals surface area contributed by atoms with Gasteiger partial charge in [-0.15, -0.1) is 0 Å². The summed E-state index contributed by atoms with van der Waals surface area (Å²) in [4.78, 5) is 15.0. The molecule has 4 aliphatic rings. The van der Waals surface area contributed by atoms with Crippen molar-refractivity contribution >= 4 is 5.91 Å². The Kier molecular flexibility index (Phi) is 3.95. The van der Waals surface area contributed by atoms with Crippen LogP contribution in [0, 0.1) is 29.6 Å². The molecule has 0 aromatic carbocycles. The Morgan fingerprint density at radius 1 is 0.857 bits per heavy atom. The highest BCUT2D eigenvalue weighted by Gasteiger charge is 2.49. The minimum Gasteiger partial charge on any atom is -0.342 e. The van der Waals surface area contributed by atoms with Gasteiger partial charge in [0.15, 0.2) is 0 Å². The molecule has 3 heteroatoms. The van der Waals surface area contributed by atoms with E-state index < -0.39 is 0 Å². The lowest BCUT2D eigenvalue weighted by Gasteiger charge is -2.24. The number of carbonyl (C=O) groups is 1. The van der Waals surface area contributed by atoms with Crippen molar-refractivity contribution in [3.05, 3.63) is 0 Å². The molecule has 4 rings (SSSR count). The SMILES string of the molecule is O=C(C1CC1C1CCCCC1)N1CC[C@@H]2CNC[C@@H]2CC1. The summed E-state index contributed by atoms with van der Waals surface area (Å²) in [5.74, 6) is 4.21. The van der Waals surface area contributed by atoms with Crippen LogP contribution in [0.5, 0.6) is 0 Å². The first-order chi connectivity index (χ1) is 10.3. The van der Waals surface area contributed by atoms with Crippen molar-refractivity contribution in [1.29, 1.82) is 0 Å². The van der Waals surface area contributed by atoms with Crippen molar-refractivity contribution in [2.24, 2.45) is 29.6 Å². The molecular weight excluding hydrogens is 260 g/mol. The van der Waals surface area contributed by atoms with Crippen LogP contribution in [-0.4, -0.2) is 37.0 Å². The van der Waals surface area contributed by atoms with Crippen LogP contribution in [0.15, 0.2) is 0 Å². The molecule has 3 nitrogen and oxygen atoms in total. The topological polar surface area (TPSA) is 32.3 Å². The number of amides is 1. The van der Waals surface area contributed by atoms with E-state index in [1.165, 1.54) is 64.5 Å². The summed E-state index contributed by atoms with van der Waals surface area (Å²) in [6, 6.07) is 0. The molecule has 21 heavy (non-hydrogen) atoms. The monoisotopic (exact) mass is 290 g/mol. The van der Waals surface area contributed by atoms with Gasteiger partial charge in [-0.2, -0.15) is 0 Å². The van der Waals surface area contributed by atoms with Gasteiger partial charge in [-0.25, -0.2) is 0 Å². The molecule has 1 amide bonds. The lowest BCUT2D eigenvalue weighted by Crippen LogP contribution is -2.34. The summed E-state index contributed by atoms with van der Waals surface area (Å²) in [6.07, 6.45) is 10.7. The summed E-state index contributed by atoms with van der Waals surface area (Å²) < 4.78 is 0. The highest BCUT2D eigenvalue weighted by atomic mass is 16.2. The molecule has 2 heterocycles. The number of hydrogen-bond donors (Lipinski definition) is 1. The van der Waals surface area contributed by atoms with Gasteiger partial charge in [-0.3, -0.25) is 4.79 Å². The van der Waals surface area contributed by atoms with Gasteiger partial charge in [0, 0.05) is 19.0 Å². The zero-order valence-electron chi connectivity index (χ0n) is 13.2. The number of hydrogen-bond acceptors (Lipinski definition) is 2. The van der Waals surface area contributed by atoms with E-state index in [2.05, 4.69) is 10.2 Å². The number of nitrogens with zero attached hydrogens (tertiary/aromatic N) is 1. The molecule has 4 fully saturated rings. The maximum absolute atomic E-state index is 12.8. The molecule has 118 valence electrons. The molecule has 2 aliphatic carbocycles. The second kappa shape index (κ2) is 5.91. The summed E-state index contributed by atoms with van der Waals surface area (Å²) in [7, 11) is 0. The third-order valence-electron chi connectivity index (χ3n) is 6.74. The van der Waals surface area contributed by atoms with Gasteiger partial charge in [0.25, 0.3) is 0 Å². The van der Waals surface area contributed by atoms with E-state index in [4.69, 9.17) is 0 Å². The van der Waals surface area contributed by atoms with Crippen LogP contribution in [0.4, 0.5) is 0 Å². The molecule has 2 unspecified atom stereocenters. The Morgan fingerprint density at radius 3 is 2.19 bits per heavy atom. The first kappa shape index (κ1) is 14.0. The fraction of sp³-hybridized carbons (Fsp3) is 0.944. The van der Waals surface area contributed by atoms with E-state index in [1.54, 1.807) is 0 Å². The molecule has 1 N–H and O–H groups in total. The molecule has 0 aromatic rings. The van der Waals surface area contributed by atoms with E-state index in [1.807, 2.05) is 0 Å². The Bertz CT molecular complexity index is 377. The predicted molar refractivity (Wildman–Crippen MR) is 83.8 cm³/mol. The van der Waals surface area contributed by atoms with Crippen LogP contribution in [0.2, 0.25) is 0 Å². The van der Waals surface area contributed by atoms with Crippen LogP contribution in [0.25, 0.3) is 0 Å². The van der Waals surface area contributed by atoms with E-state index in [9.17, 15) is 4.79 Å². The quantitative estimate of drug-likeness (QED) is 0.848. The van der Waals surface area contributed by atoms with Gasteiger partial charge >= 0.3 is 0 Å². The van der Waals surface area contributed by atoms with Crippen LogP contribution >= 0.6 is 0 Å². The summed E-state index contributed by atoms with van der Waals surface area (Å²) in [5.41, 5.74) is 0. The lowest BCUT2D eigenvalue weighted by atomic mass is 9.85. The molecule has 0 radical (unpaired) electrons. The molecule has 2 saturated carbocycles. The number of likely N-dealkylation sites (tertiary alicyclic amines) is 1. The second-order valence-electron chi connectivity index (χ2n) is 7.99. The molecule has 0 bridgehead atoms. The van der Waals surface area contributed by atoms with E-state index in [0.717, 1.165) is 36.8 Å². The van der Waals surface area contributed by atoms with Crippen LogP contribution in [0.3, 0.4) is 0 Å². The first-order valence-electron chi connectivity index (χ1n) is 9.32. The maximum atomic E-state index is 12.8. The number of fused-ring (bicyclic) bond motifs is 1. The normalized spacial score (nSPS) is 40.7. The Labute approximate surface area is 128 Å². The van der Waals surface area contributed by atoms with E-state index >= 15 is 0 Å². The molecule has 2 aliphatic heterocycles. The third-order valence-corrected chi connectivity index (χ3v) is 6.74. The average molecular weight is 290 g/mol. The maximum Gasteiger partial charge on any atom is 0.225 e. The van der Waals surface area contributed by atoms with Crippen molar-refractivity contribution in [2.45, 2.75) is 51.4 Å². The van der Waals surface area contributed by atoms with Gasteiger partial charge in [0.05, 0.1) is 0 Å². The van der Waals surface area contributed by atoms with E-state index in [0.29, 0.717) is 11.8 Å². The second-order valence-corrected chi connectivity index (χ2v) is 7.99. The minimum atomic E-state index is 0.407. The smallest absolute Gasteiger partial charge is 0.225 e. The fourth-order valence-electron chi connectivity index (χ4n) is 5.25. The van der Waals surface area contributed by atoms with Crippen LogP contribution in [0.1, 0.15) is 51.4 Å². The highest BCUT2D eigenvalue weighted by Crippen LogP contribution is 2.50. The molecule has 0 spiro atoms. The van der Waals surface area contributed by atoms with Gasteiger partial charge in [0.1, 0.15) is 0 Å². The molecular formula is C18H30N2O. The predicted octanol–water partition coefficient (Wildman–Crippen LogP) is 2.66. The first-order valence-corrected chi connectivity index (χ1v) is 9.32. The molecule has 4 atom stereocenters. The molecule has 2 saturated heterocycles. The molecule has 0 aromatic heterocycles. The lowest BCUT2D eigenvalue weighted by molar-refractivity contribution is -0.133. The van der Waals surface area contributed by atoms with Gasteiger partial charge < -0.3 is 10.2 Å². The number of rotatable bonds is 2. The zero-order valence-corrected chi connectivity index (χ0v) is 13.2. The van der Waals surface area contributed by atoms with Crippen molar-refractivity contribution in [2.75, 3.05) is 26.2 Å². The van der Waals surface area contributed by atoms with Crippen molar-refractivity contribution in [1.82, 2.24) is 10.2 Å². The van der Waals surface area contributed by atoms with Crippen molar-refractivity contribution in [3.63, 3.8) is 0 Å². The highest BCUT2D eigenvalue weighted by molar-refractivity contribution is 5.81. The summed E-state index contributed by atoms with van der Waals surface area (Å²) in [6.45, 7) is 4.41. The Morgan fingerprint density at radius 2 is 1.52 bits per heavy atom. The van der Waals surface area contributed by atoms with Crippen LogP contribution in [-0.2, 0) is 4.79 Å². The number of carbonyl (C=O) groups excluding carboxylic acids is 1. The fourth-order valence-corrected chi connectivity index (χ4v) is 5.25. The van der Waals surface area contributed by atoms with Gasteiger partial charge in [0.2, 0.25) is 5.91 Å². The summed E-state index contributed by atoms with van der Waals surface area (Å²) >= 11 is 0. The van der Waals surface area contributed by atoms with Gasteiger partial charge in [-0.05, 0) is 56.0 Å². The standard InChI is InChI=1S/C18H30N2O/c21-18(17-10-16(17)13-4-2-1-3-5-13)20-8-6-14-11-19-12-15(14)7-9-20/h13-17,19H,1-12H2/t14-,15+,16?,17?.